The van der Waals surface area contributed by atoms with Crippen LogP contribution in [-0.2, 0) is 0 Å². The summed E-state index contributed by atoms with van der Waals surface area (Å²) in [6.07, 6.45) is 2.07. The number of rotatable bonds is 4. The van der Waals surface area contributed by atoms with Crippen LogP contribution in [0.5, 0.6) is 0 Å². The standard InChI is InChI=1S/C13H16F2N2O.ClH/c1-13(7-16,9-3-4-9)17-12(18)8-2-5-10(14)11(15)6-8;/h2,5-6,9H,3-4,7,16H2,1H3,(H,17,18);1H. The molecule has 3 N–H and O–H groups in total. The molecule has 0 heterocycles. The molecule has 1 fully saturated rings. The lowest BCUT2D eigenvalue weighted by Crippen LogP contribution is -2.53. The second kappa shape index (κ2) is 5.84. The summed E-state index contributed by atoms with van der Waals surface area (Å²) in [5, 5.41) is 2.81. The second-order valence-electron chi connectivity index (χ2n) is 4.98. The van der Waals surface area contributed by atoms with Crippen molar-refractivity contribution in [2.75, 3.05) is 6.54 Å². The third-order valence-corrected chi connectivity index (χ3v) is 3.48. The zero-order valence-electron chi connectivity index (χ0n) is 10.6. The molecule has 0 bridgehead atoms. The van der Waals surface area contributed by atoms with Gasteiger partial charge >= 0.3 is 0 Å². The maximum absolute atomic E-state index is 13.0. The van der Waals surface area contributed by atoms with Crippen molar-refractivity contribution in [3.8, 4) is 0 Å². The minimum Gasteiger partial charge on any atom is -0.345 e. The molecule has 1 atom stereocenters. The van der Waals surface area contributed by atoms with Gasteiger partial charge in [0, 0.05) is 12.1 Å². The molecule has 1 saturated carbocycles. The molecule has 1 aliphatic carbocycles. The summed E-state index contributed by atoms with van der Waals surface area (Å²) < 4.78 is 25.8. The number of carbonyl (C=O) groups excluding carboxylic acids is 1. The molecule has 19 heavy (non-hydrogen) atoms. The lowest BCUT2D eigenvalue weighted by molar-refractivity contribution is 0.0897. The molecule has 0 spiro atoms. The van der Waals surface area contributed by atoms with E-state index >= 15 is 0 Å². The maximum Gasteiger partial charge on any atom is 0.251 e. The largest absolute Gasteiger partial charge is 0.345 e. The van der Waals surface area contributed by atoms with Crippen LogP contribution in [0.2, 0.25) is 0 Å². The van der Waals surface area contributed by atoms with E-state index in [1.807, 2.05) is 6.92 Å². The molecule has 3 nitrogen and oxygen atoms in total. The molecule has 1 unspecified atom stereocenters. The highest BCUT2D eigenvalue weighted by Crippen LogP contribution is 2.39. The lowest BCUT2D eigenvalue weighted by Gasteiger charge is -2.29. The Balaban J connectivity index is 0.00000180. The smallest absolute Gasteiger partial charge is 0.251 e. The first kappa shape index (κ1) is 15.9. The first-order valence-corrected chi connectivity index (χ1v) is 5.94. The van der Waals surface area contributed by atoms with Crippen LogP contribution in [-0.4, -0.2) is 18.0 Å². The maximum atomic E-state index is 13.0. The highest BCUT2D eigenvalue weighted by atomic mass is 35.5. The van der Waals surface area contributed by atoms with Crippen LogP contribution < -0.4 is 11.1 Å². The van der Waals surface area contributed by atoms with Crippen LogP contribution in [0.3, 0.4) is 0 Å². The Morgan fingerprint density at radius 1 is 1.42 bits per heavy atom. The topological polar surface area (TPSA) is 55.1 Å². The van der Waals surface area contributed by atoms with Gasteiger partial charge in [-0.3, -0.25) is 4.79 Å². The van der Waals surface area contributed by atoms with Crippen molar-refractivity contribution in [3.05, 3.63) is 35.4 Å². The van der Waals surface area contributed by atoms with E-state index in [4.69, 9.17) is 5.73 Å². The molecule has 2 rings (SSSR count). The predicted molar refractivity (Wildman–Crippen MR) is 71.3 cm³/mol. The van der Waals surface area contributed by atoms with Crippen molar-refractivity contribution in [2.45, 2.75) is 25.3 Å². The average Bonchev–Trinajstić information content (AvgIpc) is 3.16. The van der Waals surface area contributed by atoms with E-state index in [0.29, 0.717) is 12.5 Å². The number of benzene rings is 1. The summed E-state index contributed by atoms with van der Waals surface area (Å²) in [5.41, 5.74) is 5.32. The Labute approximate surface area is 117 Å². The van der Waals surface area contributed by atoms with Gasteiger partial charge in [-0.05, 0) is 43.9 Å². The fourth-order valence-electron chi connectivity index (χ4n) is 2.01. The number of halogens is 3. The Morgan fingerprint density at radius 3 is 2.53 bits per heavy atom. The fourth-order valence-corrected chi connectivity index (χ4v) is 2.01. The number of hydrogen-bond acceptors (Lipinski definition) is 2. The van der Waals surface area contributed by atoms with E-state index in [1.54, 1.807) is 0 Å². The van der Waals surface area contributed by atoms with Crippen LogP contribution in [0, 0.1) is 17.6 Å². The summed E-state index contributed by atoms with van der Waals surface area (Å²) in [4.78, 5) is 12.0. The molecule has 0 aliphatic heterocycles. The number of amides is 1. The Morgan fingerprint density at radius 2 is 2.05 bits per heavy atom. The van der Waals surface area contributed by atoms with Gasteiger partial charge in [0.15, 0.2) is 11.6 Å². The van der Waals surface area contributed by atoms with Gasteiger partial charge in [0.2, 0.25) is 0 Å². The molecule has 1 amide bonds. The van der Waals surface area contributed by atoms with Crippen LogP contribution in [0.15, 0.2) is 18.2 Å². The number of nitrogens with one attached hydrogen (secondary N) is 1. The van der Waals surface area contributed by atoms with Crippen molar-refractivity contribution < 1.29 is 13.6 Å². The molecule has 1 aromatic rings. The summed E-state index contributed by atoms with van der Waals surface area (Å²) in [5.74, 6) is -2.04. The van der Waals surface area contributed by atoms with Crippen molar-refractivity contribution in [3.63, 3.8) is 0 Å². The van der Waals surface area contributed by atoms with Gasteiger partial charge in [-0.1, -0.05) is 0 Å². The molecule has 0 radical (unpaired) electrons. The van der Waals surface area contributed by atoms with E-state index in [0.717, 1.165) is 25.0 Å². The molecule has 1 aromatic carbocycles. The first-order chi connectivity index (χ1) is 8.46. The molecule has 106 valence electrons. The molecule has 6 heteroatoms. The van der Waals surface area contributed by atoms with E-state index in [2.05, 4.69) is 5.32 Å². The average molecular weight is 291 g/mol. The van der Waals surface area contributed by atoms with Gasteiger partial charge < -0.3 is 11.1 Å². The lowest BCUT2D eigenvalue weighted by atomic mass is 9.95. The van der Waals surface area contributed by atoms with Crippen molar-refractivity contribution >= 4 is 18.3 Å². The minimum absolute atomic E-state index is 0. The van der Waals surface area contributed by atoms with Crippen molar-refractivity contribution in [2.24, 2.45) is 11.7 Å². The second-order valence-corrected chi connectivity index (χ2v) is 4.98. The predicted octanol–water partition coefficient (Wildman–Crippen LogP) is 2.24. The summed E-state index contributed by atoms with van der Waals surface area (Å²) in [6.45, 7) is 2.20. The third-order valence-electron chi connectivity index (χ3n) is 3.48. The van der Waals surface area contributed by atoms with Gasteiger partial charge in [-0.25, -0.2) is 8.78 Å². The van der Waals surface area contributed by atoms with Crippen molar-refractivity contribution in [1.82, 2.24) is 5.32 Å². The highest BCUT2D eigenvalue weighted by molar-refractivity contribution is 5.94. The van der Waals surface area contributed by atoms with Gasteiger partial charge in [0.25, 0.3) is 5.91 Å². The fraction of sp³-hybridized carbons (Fsp3) is 0.462. The molecule has 0 aromatic heterocycles. The van der Waals surface area contributed by atoms with Crippen molar-refractivity contribution in [1.29, 1.82) is 0 Å². The third kappa shape index (κ3) is 3.42. The van der Waals surface area contributed by atoms with Gasteiger partial charge in [-0.2, -0.15) is 0 Å². The van der Waals surface area contributed by atoms with E-state index in [-0.39, 0.29) is 18.0 Å². The zero-order chi connectivity index (χ0) is 13.3. The Hall–Kier alpha value is -1.20. The van der Waals surface area contributed by atoms with Gasteiger partial charge in [-0.15, -0.1) is 12.4 Å². The molecular weight excluding hydrogens is 274 g/mol. The van der Waals surface area contributed by atoms with Crippen LogP contribution in [0.1, 0.15) is 30.1 Å². The molecule has 0 saturated heterocycles. The van der Waals surface area contributed by atoms with Crippen LogP contribution in [0.4, 0.5) is 8.78 Å². The SMILES string of the molecule is CC(CN)(NC(=O)c1ccc(F)c(F)c1)C1CC1.Cl. The van der Waals surface area contributed by atoms with E-state index in [1.165, 1.54) is 6.07 Å². The van der Waals surface area contributed by atoms with Crippen LogP contribution >= 0.6 is 12.4 Å². The van der Waals surface area contributed by atoms with E-state index < -0.39 is 23.1 Å². The zero-order valence-corrected chi connectivity index (χ0v) is 11.4. The quantitative estimate of drug-likeness (QED) is 0.893. The van der Waals surface area contributed by atoms with Gasteiger partial charge in [0.05, 0.1) is 5.54 Å². The Bertz CT molecular complexity index is 480. The monoisotopic (exact) mass is 290 g/mol. The number of nitrogens with two attached hydrogens (primary N) is 1. The van der Waals surface area contributed by atoms with Gasteiger partial charge in [0.1, 0.15) is 0 Å². The molecule has 1 aliphatic rings. The van der Waals surface area contributed by atoms with Crippen LogP contribution in [0.25, 0.3) is 0 Å². The Kier molecular flexibility index (Phi) is 4.87. The number of carbonyl (C=O) groups is 1. The normalized spacial score (nSPS) is 17.3. The van der Waals surface area contributed by atoms with E-state index in [9.17, 15) is 13.6 Å². The minimum atomic E-state index is -1.02. The summed E-state index contributed by atoms with van der Waals surface area (Å²) >= 11 is 0. The number of hydrogen-bond donors (Lipinski definition) is 2. The first-order valence-electron chi connectivity index (χ1n) is 5.94. The molecular formula is C13H17ClF2N2O. The summed E-state index contributed by atoms with van der Waals surface area (Å²) in [7, 11) is 0. The highest BCUT2D eigenvalue weighted by Gasteiger charge is 2.41. The summed E-state index contributed by atoms with van der Waals surface area (Å²) in [6, 6.07) is 3.10.